The van der Waals surface area contributed by atoms with Gasteiger partial charge in [0.15, 0.2) is 0 Å². The second kappa shape index (κ2) is 7.30. The van der Waals surface area contributed by atoms with Gasteiger partial charge in [-0.3, -0.25) is 4.79 Å². The summed E-state index contributed by atoms with van der Waals surface area (Å²) in [5.74, 6) is 0.892. The van der Waals surface area contributed by atoms with Gasteiger partial charge in [0.2, 0.25) is 5.91 Å². The molecular weight excluding hydrogens is 352 g/mol. The normalized spacial score (nSPS) is 16.6. The maximum Gasteiger partial charge on any atom is 0.231 e. The summed E-state index contributed by atoms with van der Waals surface area (Å²) in [5.41, 5.74) is 0.505. The Morgan fingerprint density at radius 2 is 2.00 bits per heavy atom. The van der Waals surface area contributed by atoms with Crippen molar-refractivity contribution < 1.29 is 4.79 Å². The van der Waals surface area contributed by atoms with Crippen molar-refractivity contribution in [2.45, 2.75) is 63.4 Å². The molecule has 1 aliphatic rings. The minimum absolute atomic E-state index is 0.0949. The molecule has 0 spiro atoms. The Hall–Kier alpha value is -1.65. The number of aryl methyl sites for hydroxylation is 3. The number of nitriles is 1. The second-order valence-corrected chi connectivity index (χ2v) is 8.80. The van der Waals surface area contributed by atoms with Gasteiger partial charge in [0, 0.05) is 10.3 Å². The Balaban J connectivity index is 1.74. The number of nitrogens with zero attached hydrogens (tertiary/aromatic N) is 3. The Morgan fingerprint density at radius 3 is 2.68 bits per heavy atom. The third-order valence-corrected chi connectivity index (χ3v) is 6.82. The van der Waals surface area contributed by atoms with Crippen molar-refractivity contribution in [2.24, 2.45) is 0 Å². The first-order chi connectivity index (χ1) is 11.9. The maximum atomic E-state index is 12.4. The van der Waals surface area contributed by atoms with Crippen LogP contribution in [-0.4, -0.2) is 27.2 Å². The van der Waals surface area contributed by atoms with Gasteiger partial charge in [-0.15, -0.1) is 11.3 Å². The summed E-state index contributed by atoms with van der Waals surface area (Å²) in [6.45, 7) is 6.03. The van der Waals surface area contributed by atoms with Crippen molar-refractivity contribution in [3.05, 3.63) is 16.3 Å². The van der Waals surface area contributed by atoms with E-state index in [9.17, 15) is 10.1 Å². The predicted octanol–water partition coefficient (Wildman–Crippen LogP) is 4.05. The highest BCUT2D eigenvalue weighted by Crippen LogP contribution is 2.35. The summed E-state index contributed by atoms with van der Waals surface area (Å²) in [6, 6.07) is 2.33. The fraction of sp³-hybridized carbons (Fsp3) is 0.556. The maximum absolute atomic E-state index is 12.4. The number of fused-ring (bicyclic) bond motifs is 1. The van der Waals surface area contributed by atoms with Crippen LogP contribution in [0.2, 0.25) is 0 Å². The fourth-order valence-corrected chi connectivity index (χ4v) is 5.35. The van der Waals surface area contributed by atoms with Crippen molar-refractivity contribution in [1.29, 1.82) is 5.26 Å². The van der Waals surface area contributed by atoms with Crippen molar-refractivity contribution in [1.82, 2.24) is 15.3 Å². The van der Waals surface area contributed by atoms with Crippen LogP contribution in [0.5, 0.6) is 0 Å². The molecule has 1 fully saturated rings. The van der Waals surface area contributed by atoms with Crippen molar-refractivity contribution >= 4 is 39.2 Å². The number of amides is 1. The van der Waals surface area contributed by atoms with E-state index >= 15 is 0 Å². The van der Waals surface area contributed by atoms with Gasteiger partial charge in [0.05, 0.1) is 11.8 Å². The van der Waals surface area contributed by atoms with Gasteiger partial charge in [-0.2, -0.15) is 5.26 Å². The van der Waals surface area contributed by atoms with E-state index in [1.165, 1.54) is 22.2 Å². The van der Waals surface area contributed by atoms with Crippen LogP contribution in [0.15, 0.2) is 5.03 Å². The topological polar surface area (TPSA) is 78.7 Å². The van der Waals surface area contributed by atoms with E-state index in [1.807, 2.05) is 6.92 Å². The largest absolute Gasteiger partial charge is 0.337 e. The van der Waals surface area contributed by atoms with Crippen LogP contribution in [0.4, 0.5) is 0 Å². The molecule has 1 N–H and O–H groups in total. The molecule has 0 aliphatic heterocycles. The molecule has 0 atom stereocenters. The number of hydrogen-bond donors (Lipinski definition) is 1. The SMILES string of the molecule is Cc1nc(SCC(=O)NC2(C#N)CCCCC2)c2c(C)c(C)sc2n1. The fourth-order valence-electron chi connectivity index (χ4n) is 3.28. The zero-order valence-electron chi connectivity index (χ0n) is 14.8. The molecule has 3 rings (SSSR count). The highest BCUT2D eigenvalue weighted by Gasteiger charge is 2.33. The average molecular weight is 375 g/mol. The number of aromatic nitrogens is 2. The van der Waals surface area contributed by atoms with Crippen molar-refractivity contribution in [2.75, 3.05) is 5.75 Å². The molecule has 0 radical (unpaired) electrons. The van der Waals surface area contributed by atoms with Crippen LogP contribution < -0.4 is 5.32 Å². The molecule has 0 bridgehead atoms. The summed E-state index contributed by atoms with van der Waals surface area (Å²) < 4.78 is 0. The monoisotopic (exact) mass is 374 g/mol. The van der Waals surface area contributed by atoms with Crippen LogP contribution in [-0.2, 0) is 4.79 Å². The Kier molecular flexibility index (Phi) is 5.30. The summed E-state index contributed by atoms with van der Waals surface area (Å²) in [7, 11) is 0. The van der Waals surface area contributed by atoms with Gasteiger partial charge in [0.25, 0.3) is 0 Å². The van der Waals surface area contributed by atoms with Gasteiger partial charge in [-0.05, 0) is 39.2 Å². The van der Waals surface area contributed by atoms with Gasteiger partial charge in [-0.25, -0.2) is 9.97 Å². The van der Waals surface area contributed by atoms with E-state index in [2.05, 4.69) is 35.2 Å². The highest BCUT2D eigenvalue weighted by atomic mass is 32.2. The molecule has 0 saturated heterocycles. The molecule has 0 aromatic carbocycles. The number of carbonyl (C=O) groups excluding carboxylic acids is 1. The van der Waals surface area contributed by atoms with Gasteiger partial charge in [-0.1, -0.05) is 31.0 Å². The first-order valence-electron chi connectivity index (χ1n) is 8.53. The standard InChI is InChI=1S/C18H22N4OS2/c1-11-12(2)25-17-15(11)16(20-13(3)21-17)24-9-14(23)22-18(10-19)7-5-4-6-8-18/h4-9H2,1-3H3,(H,22,23). The number of hydrogen-bond acceptors (Lipinski definition) is 6. The molecule has 1 aliphatic carbocycles. The lowest BCUT2D eigenvalue weighted by Gasteiger charge is -2.31. The number of nitrogens with one attached hydrogen (secondary N) is 1. The van der Waals surface area contributed by atoms with E-state index < -0.39 is 5.54 Å². The molecular formula is C18H22N4OS2. The molecule has 1 amide bonds. The smallest absolute Gasteiger partial charge is 0.231 e. The molecule has 25 heavy (non-hydrogen) atoms. The molecule has 5 nitrogen and oxygen atoms in total. The van der Waals surface area contributed by atoms with Crippen molar-refractivity contribution in [3.8, 4) is 6.07 Å². The van der Waals surface area contributed by atoms with Crippen LogP contribution >= 0.6 is 23.1 Å². The molecule has 7 heteroatoms. The molecule has 0 unspecified atom stereocenters. The molecule has 2 aromatic rings. The molecule has 2 heterocycles. The lowest BCUT2D eigenvalue weighted by Crippen LogP contribution is -2.49. The van der Waals surface area contributed by atoms with E-state index in [1.54, 1.807) is 11.3 Å². The van der Waals surface area contributed by atoms with E-state index in [4.69, 9.17) is 0 Å². The van der Waals surface area contributed by atoms with Crippen molar-refractivity contribution in [3.63, 3.8) is 0 Å². The average Bonchev–Trinajstić information content (AvgIpc) is 2.87. The zero-order chi connectivity index (χ0) is 18.0. The van der Waals surface area contributed by atoms with Gasteiger partial charge >= 0.3 is 0 Å². The minimum Gasteiger partial charge on any atom is -0.337 e. The summed E-state index contributed by atoms with van der Waals surface area (Å²) in [4.78, 5) is 23.7. The molecule has 132 valence electrons. The third-order valence-electron chi connectivity index (χ3n) is 4.75. The minimum atomic E-state index is -0.679. The van der Waals surface area contributed by atoms with Gasteiger partial charge in [0.1, 0.15) is 21.2 Å². The summed E-state index contributed by atoms with van der Waals surface area (Å²) in [6.07, 6.45) is 4.64. The van der Waals surface area contributed by atoms with Crippen LogP contribution in [0, 0.1) is 32.1 Å². The molecule has 2 aromatic heterocycles. The van der Waals surface area contributed by atoms with Crippen LogP contribution in [0.25, 0.3) is 10.2 Å². The quantitative estimate of drug-likeness (QED) is 0.645. The molecule has 1 saturated carbocycles. The zero-order valence-corrected chi connectivity index (χ0v) is 16.4. The summed E-state index contributed by atoms with van der Waals surface area (Å²) in [5, 5.41) is 14.4. The Bertz CT molecular complexity index is 847. The predicted molar refractivity (Wildman–Crippen MR) is 102 cm³/mol. The van der Waals surface area contributed by atoms with E-state index in [0.717, 1.165) is 53.2 Å². The van der Waals surface area contributed by atoms with E-state index in [0.29, 0.717) is 0 Å². The number of carbonyl (C=O) groups is 1. The second-order valence-electron chi connectivity index (χ2n) is 6.63. The van der Waals surface area contributed by atoms with Crippen LogP contribution in [0.3, 0.4) is 0 Å². The lowest BCUT2D eigenvalue weighted by atomic mass is 9.83. The van der Waals surface area contributed by atoms with Crippen LogP contribution in [0.1, 0.15) is 48.4 Å². The number of rotatable bonds is 4. The highest BCUT2D eigenvalue weighted by molar-refractivity contribution is 8.00. The number of thiophene rings is 1. The first kappa shape index (κ1) is 18.2. The Morgan fingerprint density at radius 1 is 1.28 bits per heavy atom. The Labute approximate surface area is 156 Å². The lowest BCUT2D eigenvalue weighted by molar-refractivity contribution is -0.120. The van der Waals surface area contributed by atoms with Gasteiger partial charge < -0.3 is 5.32 Å². The first-order valence-corrected chi connectivity index (χ1v) is 10.3. The van der Waals surface area contributed by atoms with E-state index in [-0.39, 0.29) is 11.7 Å². The third kappa shape index (κ3) is 3.80. The number of thioether (sulfide) groups is 1. The summed E-state index contributed by atoms with van der Waals surface area (Å²) >= 11 is 3.10.